The Kier molecular flexibility index (Phi) is 5.61. The van der Waals surface area contributed by atoms with Crippen molar-refractivity contribution in [1.82, 2.24) is 10.2 Å². The van der Waals surface area contributed by atoms with E-state index in [9.17, 15) is 0 Å². The summed E-state index contributed by atoms with van der Waals surface area (Å²) >= 11 is 0. The molecule has 4 rings (SSSR count). The van der Waals surface area contributed by atoms with Crippen LogP contribution in [0.25, 0.3) is 0 Å². The lowest BCUT2D eigenvalue weighted by atomic mass is 9.81. The van der Waals surface area contributed by atoms with Gasteiger partial charge in [0, 0.05) is 36.8 Å². The molecule has 1 spiro atoms. The van der Waals surface area contributed by atoms with Gasteiger partial charge in [0.25, 0.3) is 0 Å². The molecule has 2 aromatic rings. The summed E-state index contributed by atoms with van der Waals surface area (Å²) in [5, 5.41) is 3.45. The van der Waals surface area contributed by atoms with Crippen LogP contribution < -0.4 is 14.8 Å². The van der Waals surface area contributed by atoms with Gasteiger partial charge in [0.15, 0.2) is 0 Å². The second-order valence-corrected chi connectivity index (χ2v) is 8.42. The second-order valence-electron chi connectivity index (χ2n) is 8.42. The number of methoxy groups -OCH3 is 1. The third kappa shape index (κ3) is 4.03. The molecule has 1 aliphatic heterocycles. The molecule has 1 saturated carbocycles. The molecule has 0 atom stereocenters. The Morgan fingerprint density at radius 3 is 2.71 bits per heavy atom. The van der Waals surface area contributed by atoms with Gasteiger partial charge in [-0.1, -0.05) is 30.3 Å². The molecule has 1 N–H and O–H groups in total. The molecule has 4 nitrogen and oxygen atoms in total. The summed E-state index contributed by atoms with van der Waals surface area (Å²) in [7, 11) is 3.83. The van der Waals surface area contributed by atoms with Crippen molar-refractivity contribution in [2.75, 3.05) is 20.7 Å². The van der Waals surface area contributed by atoms with E-state index in [1.165, 1.54) is 29.5 Å². The summed E-state index contributed by atoms with van der Waals surface area (Å²) in [6.45, 7) is 4.84. The first-order valence-corrected chi connectivity index (χ1v) is 10.4. The topological polar surface area (TPSA) is 33.7 Å². The van der Waals surface area contributed by atoms with Gasteiger partial charge in [-0.05, 0) is 57.4 Å². The number of benzene rings is 2. The van der Waals surface area contributed by atoms with E-state index in [0.717, 1.165) is 44.0 Å². The zero-order valence-electron chi connectivity index (χ0n) is 17.3. The van der Waals surface area contributed by atoms with Gasteiger partial charge in [0.2, 0.25) is 0 Å². The van der Waals surface area contributed by atoms with E-state index in [1.807, 2.05) is 0 Å². The molecule has 1 fully saturated rings. The molecule has 28 heavy (non-hydrogen) atoms. The maximum Gasteiger partial charge on any atom is 0.124 e. The van der Waals surface area contributed by atoms with Crippen LogP contribution in [-0.2, 0) is 13.1 Å². The van der Waals surface area contributed by atoms with Gasteiger partial charge >= 0.3 is 0 Å². The molecular formula is C24H32N2O2. The van der Waals surface area contributed by atoms with Crippen molar-refractivity contribution in [3.63, 3.8) is 0 Å². The molecular weight excluding hydrogens is 348 g/mol. The number of nitrogens with one attached hydrogen (secondary N) is 1. The van der Waals surface area contributed by atoms with Gasteiger partial charge in [0.1, 0.15) is 17.1 Å². The van der Waals surface area contributed by atoms with E-state index in [4.69, 9.17) is 9.47 Å². The van der Waals surface area contributed by atoms with Gasteiger partial charge in [-0.2, -0.15) is 0 Å². The van der Waals surface area contributed by atoms with Gasteiger partial charge in [-0.3, -0.25) is 4.90 Å². The molecule has 150 valence electrons. The molecule has 0 saturated heterocycles. The second kappa shape index (κ2) is 8.14. The monoisotopic (exact) mass is 380 g/mol. The number of rotatable bonds is 4. The Morgan fingerprint density at radius 1 is 1.18 bits per heavy atom. The Hall–Kier alpha value is -2.04. The van der Waals surface area contributed by atoms with Crippen molar-refractivity contribution in [1.29, 1.82) is 0 Å². The predicted octanol–water partition coefficient (Wildman–Crippen LogP) is 4.30. The first-order chi connectivity index (χ1) is 13.6. The fraction of sp³-hybridized carbons (Fsp3) is 0.500. The van der Waals surface area contributed by atoms with E-state index in [1.54, 1.807) is 7.11 Å². The van der Waals surface area contributed by atoms with Crippen LogP contribution in [-0.4, -0.2) is 37.2 Å². The maximum atomic E-state index is 6.72. The molecule has 2 aromatic carbocycles. The highest BCUT2D eigenvalue weighted by Crippen LogP contribution is 2.39. The van der Waals surface area contributed by atoms with Crippen LogP contribution in [0.4, 0.5) is 0 Å². The Labute approximate surface area is 168 Å². The average Bonchev–Trinajstić information content (AvgIpc) is 2.86. The van der Waals surface area contributed by atoms with E-state index in [-0.39, 0.29) is 5.60 Å². The molecule has 1 heterocycles. The molecule has 0 radical (unpaired) electrons. The summed E-state index contributed by atoms with van der Waals surface area (Å²) in [6.07, 6.45) is 4.52. The summed E-state index contributed by atoms with van der Waals surface area (Å²) in [5.74, 6) is 2.04. The van der Waals surface area contributed by atoms with Gasteiger partial charge < -0.3 is 14.8 Å². The maximum absolute atomic E-state index is 6.72. The number of para-hydroxylation sites is 1. The van der Waals surface area contributed by atoms with Crippen LogP contribution in [0.5, 0.6) is 11.5 Å². The van der Waals surface area contributed by atoms with Crippen molar-refractivity contribution < 1.29 is 9.47 Å². The number of nitrogens with zero attached hydrogens (tertiary/aromatic N) is 1. The minimum absolute atomic E-state index is 0.0993. The van der Waals surface area contributed by atoms with Crippen molar-refractivity contribution in [3.05, 3.63) is 59.2 Å². The minimum atomic E-state index is -0.0993. The Balaban J connectivity index is 1.62. The number of hydrogen-bond acceptors (Lipinski definition) is 4. The Morgan fingerprint density at radius 2 is 1.96 bits per heavy atom. The van der Waals surface area contributed by atoms with Crippen molar-refractivity contribution >= 4 is 0 Å². The zero-order chi connectivity index (χ0) is 19.6. The third-order valence-electron chi connectivity index (χ3n) is 6.35. The Bertz CT molecular complexity index is 812. The zero-order valence-corrected chi connectivity index (χ0v) is 17.3. The van der Waals surface area contributed by atoms with E-state index < -0.39 is 0 Å². The molecule has 2 aliphatic rings. The van der Waals surface area contributed by atoms with Crippen molar-refractivity contribution in [3.8, 4) is 11.5 Å². The fourth-order valence-corrected chi connectivity index (χ4v) is 4.73. The largest absolute Gasteiger partial charge is 0.496 e. The fourth-order valence-electron chi connectivity index (χ4n) is 4.73. The smallest absolute Gasteiger partial charge is 0.124 e. The molecule has 0 aromatic heterocycles. The summed E-state index contributed by atoms with van der Waals surface area (Å²) < 4.78 is 12.4. The van der Waals surface area contributed by atoms with E-state index >= 15 is 0 Å². The highest BCUT2D eigenvalue weighted by molar-refractivity contribution is 5.38. The normalized spacial score (nSPS) is 25.0. The first-order valence-electron chi connectivity index (χ1n) is 10.4. The SMILES string of the molecule is CNC1CCC2(CC1)CN(Cc1ccc(C)cc1OC)Cc1ccccc1O2. The van der Waals surface area contributed by atoms with Crippen LogP contribution in [0.1, 0.15) is 42.4 Å². The lowest BCUT2D eigenvalue weighted by Crippen LogP contribution is -2.50. The quantitative estimate of drug-likeness (QED) is 0.857. The van der Waals surface area contributed by atoms with Gasteiger partial charge in [-0.25, -0.2) is 0 Å². The van der Waals surface area contributed by atoms with E-state index in [0.29, 0.717) is 6.04 Å². The average molecular weight is 381 g/mol. The molecule has 4 heteroatoms. The minimum Gasteiger partial charge on any atom is -0.496 e. The first kappa shape index (κ1) is 19.3. The van der Waals surface area contributed by atoms with Crippen LogP contribution >= 0.6 is 0 Å². The molecule has 1 aliphatic carbocycles. The molecule has 0 bridgehead atoms. The molecule has 0 unspecified atom stereocenters. The van der Waals surface area contributed by atoms with Crippen LogP contribution in [0, 0.1) is 6.92 Å². The summed E-state index contributed by atoms with van der Waals surface area (Å²) in [6, 6.07) is 15.7. The number of aryl methyl sites for hydroxylation is 1. The number of ether oxygens (including phenoxy) is 2. The highest BCUT2D eigenvalue weighted by Gasteiger charge is 2.40. The lowest BCUT2D eigenvalue weighted by molar-refractivity contribution is -0.00334. The number of hydrogen-bond donors (Lipinski definition) is 1. The standard InChI is InChI=1S/C24H32N2O2/c1-18-8-9-20(23(14-18)27-3)16-26-15-19-6-4-5-7-22(19)28-24(17-26)12-10-21(25-2)11-13-24/h4-9,14,21,25H,10-13,15-17H2,1-3H3. The highest BCUT2D eigenvalue weighted by atomic mass is 16.5. The predicted molar refractivity (Wildman–Crippen MR) is 113 cm³/mol. The molecule has 0 amide bonds. The lowest BCUT2D eigenvalue weighted by Gasteiger charge is -2.41. The summed E-state index contributed by atoms with van der Waals surface area (Å²) in [5.41, 5.74) is 3.65. The third-order valence-corrected chi connectivity index (χ3v) is 6.35. The van der Waals surface area contributed by atoms with Crippen LogP contribution in [0.15, 0.2) is 42.5 Å². The van der Waals surface area contributed by atoms with Crippen LogP contribution in [0.3, 0.4) is 0 Å². The van der Waals surface area contributed by atoms with Crippen molar-refractivity contribution in [2.24, 2.45) is 0 Å². The summed E-state index contributed by atoms with van der Waals surface area (Å²) in [4.78, 5) is 2.54. The van der Waals surface area contributed by atoms with Gasteiger partial charge in [-0.15, -0.1) is 0 Å². The number of fused-ring (bicyclic) bond motifs is 1. The van der Waals surface area contributed by atoms with Crippen molar-refractivity contribution in [2.45, 2.75) is 57.3 Å². The van der Waals surface area contributed by atoms with E-state index in [2.05, 4.69) is 66.7 Å². The van der Waals surface area contributed by atoms with Crippen LogP contribution in [0.2, 0.25) is 0 Å². The van der Waals surface area contributed by atoms with Gasteiger partial charge in [0.05, 0.1) is 7.11 Å².